The number of halogens is 1. The third-order valence-electron chi connectivity index (χ3n) is 2.08. The van der Waals surface area contributed by atoms with Crippen molar-refractivity contribution < 1.29 is 5.11 Å². The molecule has 0 aliphatic carbocycles. The van der Waals surface area contributed by atoms with Gasteiger partial charge in [-0.05, 0) is 18.6 Å². The Labute approximate surface area is 97.0 Å². The molecule has 1 aromatic rings. The van der Waals surface area contributed by atoms with Gasteiger partial charge >= 0.3 is 0 Å². The van der Waals surface area contributed by atoms with Crippen molar-refractivity contribution in [2.24, 2.45) is 5.73 Å². The fourth-order valence-corrected chi connectivity index (χ4v) is 1.94. The van der Waals surface area contributed by atoms with Gasteiger partial charge in [-0.15, -0.1) is 6.58 Å². The summed E-state index contributed by atoms with van der Waals surface area (Å²) >= 11 is 3.30. The fraction of sp³-hybridized carbons (Fsp3) is 0.182. The van der Waals surface area contributed by atoms with Crippen LogP contribution >= 0.6 is 15.9 Å². The summed E-state index contributed by atoms with van der Waals surface area (Å²) in [6.45, 7) is 3.59. The van der Waals surface area contributed by atoms with Gasteiger partial charge < -0.3 is 10.8 Å². The molecule has 3 nitrogen and oxygen atoms in total. The van der Waals surface area contributed by atoms with E-state index in [0.717, 1.165) is 0 Å². The first-order valence-electron chi connectivity index (χ1n) is 4.39. The Morgan fingerprint density at radius 1 is 1.67 bits per heavy atom. The SMILES string of the molecule is C=CC[C@H](N)c1c(Br)ccc(C#N)c1O. The molecule has 0 aliphatic heterocycles. The van der Waals surface area contributed by atoms with Gasteiger partial charge in [-0.25, -0.2) is 0 Å². The molecule has 0 radical (unpaired) electrons. The van der Waals surface area contributed by atoms with Gasteiger partial charge in [-0.1, -0.05) is 22.0 Å². The molecule has 0 aromatic heterocycles. The van der Waals surface area contributed by atoms with Gasteiger partial charge in [0.05, 0.1) is 5.56 Å². The van der Waals surface area contributed by atoms with E-state index >= 15 is 0 Å². The Morgan fingerprint density at radius 2 is 2.33 bits per heavy atom. The topological polar surface area (TPSA) is 70.0 Å². The highest BCUT2D eigenvalue weighted by molar-refractivity contribution is 9.10. The molecule has 0 amide bonds. The number of phenolic OH excluding ortho intramolecular Hbond substituents is 1. The maximum absolute atomic E-state index is 9.80. The van der Waals surface area contributed by atoms with E-state index in [2.05, 4.69) is 22.5 Å². The lowest BCUT2D eigenvalue weighted by Crippen LogP contribution is -2.10. The van der Waals surface area contributed by atoms with Crippen molar-refractivity contribution in [1.82, 2.24) is 0 Å². The normalized spacial score (nSPS) is 11.8. The molecule has 78 valence electrons. The largest absolute Gasteiger partial charge is 0.506 e. The number of benzene rings is 1. The van der Waals surface area contributed by atoms with E-state index in [1.54, 1.807) is 18.2 Å². The van der Waals surface area contributed by atoms with Gasteiger partial charge in [0.15, 0.2) is 0 Å². The summed E-state index contributed by atoms with van der Waals surface area (Å²) in [6, 6.07) is 4.80. The fourth-order valence-electron chi connectivity index (χ4n) is 1.32. The Morgan fingerprint density at radius 3 is 2.87 bits per heavy atom. The lowest BCUT2D eigenvalue weighted by Gasteiger charge is -2.14. The number of nitrogens with two attached hydrogens (primary N) is 1. The molecule has 0 heterocycles. The molecule has 0 unspecified atom stereocenters. The number of nitriles is 1. The summed E-state index contributed by atoms with van der Waals surface area (Å²) in [5.41, 5.74) is 6.64. The highest BCUT2D eigenvalue weighted by atomic mass is 79.9. The standard InChI is InChI=1S/C11H11BrN2O/c1-2-3-9(14)10-8(12)5-4-7(6-13)11(10)15/h2,4-5,9,15H,1,3,14H2/t9-/m0/s1. The maximum Gasteiger partial charge on any atom is 0.139 e. The first-order valence-corrected chi connectivity index (χ1v) is 5.19. The predicted molar refractivity (Wildman–Crippen MR) is 62.3 cm³/mol. The zero-order valence-electron chi connectivity index (χ0n) is 8.07. The zero-order valence-corrected chi connectivity index (χ0v) is 9.66. The molecule has 0 saturated carbocycles. The minimum Gasteiger partial charge on any atom is -0.506 e. The molecule has 3 N–H and O–H groups in total. The summed E-state index contributed by atoms with van der Waals surface area (Å²) in [7, 11) is 0. The molecule has 4 heteroatoms. The van der Waals surface area contributed by atoms with Crippen LogP contribution in [0.5, 0.6) is 5.75 Å². The van der Waals surface area contributed by atoms with Crippen molar-refractivity contribution in [3.8, 4) is 11.8 Å². The van der Waals surface area contributed by atoms with Crippen molar-refractivity contribution in [3.63, 3.8) is 0 Å². The van der Waals surface area contributed by atoms with Gasteiger partial charge in [-0.3, -0.25) is 0 Å². The third kappa shape index (κ3) is 2.38. The molecule has 1 aromatic carbocycles. The average molecular weight is 267 g/mol. The minimum atomic E-state index is -0.356. The monoisotopic (exact) mass is 266 g/mol. The zero-order chi connectivity index (χ0) is 11.4. The predicted octanol–water partition coefficient (Wildman–Crippen LogP) is 2.60. The highest BCUT2D eigenvalue weighted by Gasteiger charge is 2.16. The Hall–Kier alpha value is -1.31. The van der Waals surface area contributed by atoms with E-state index in [1.165, 1.54) is 0 Å². The van der Waals surface area contributed by atoms with Crippen LogP contribution in [0.1, 0.15) is 23.6 Å². The Balaban J connectivity index is 3.27. The van der Waals surface area contributed by atoms with Gasteiger partial charge in [0.25, 0.3) is 0 Å². The summed E-state index contributed by atoms with van der Waals surface area (Å²) < 4.78 is 0.702. The van der Waals surface area contributed by atoms with Crippen molar-refractivity contribution in [2.45, 2.75) is 12.5 Å². The molecule has 15 heavy (non-hydrogen) atoms. The van der Waals surface area contributed by atoms with Gasteiger partial charge in [-0.2, -0.15) is 5.26 Å². The first kappa shape index (κ1) is 11.8. The van der Waals surface area contributed by atoms with Crippen LogP contribution < -0.4 is 5.73 Å². The number of nitrogens with zero attached hydrogens (tertiary/aromatic N) is 1. The summed E-state index contributed by atoms with van der Waals surface area (Å²) in [4.78, 5) is 0. The number of hydrogen-bond acceptors (Lipinski definition) is 3. The molecule has 1 atom stereocenters. The van der Waals surface area contributed by atoms with E-state index in [1.807, 2.05) is 6.07 Å². The van der Waals surface area contributed by atoms with Gasteiger partial charge in [0.2, 0.25) is 0 Å². The molecule has 1 rings (SSSR count). The second-order valence-corrected chi connectivity index (χ2v) is 3.95. The number of aromatic hydroxyl groups is 1. The van der Waals surface area contributed by atoms with Crippen molar-refractivity contribution >= 4 is 15.9 Å². The Bertz CT molecular complexity index is 423. The van der Waals surface area contributed by atoms with Crippen LogP contribution in [0.3, 0.4) is 0 Å². The van der Waals surface area contributed by atoms with Crippen molar-refractivity contribution in [3.05, 3.63) is 40.4 Å². The van der Waals surface area contributed by atoms with Crippen molar-refractivity contribution in [2.75, 3.05) is 0 Å². The molecular formula is C11H11BrN2O. The average Bonchev–Trinajstić information content (AvgIpc) is 2.18. The molecule has 0 aliphatic rings. The van der Waals surface area contributed by atoms with Crippen molar-refractivity contribution in [1.29, 1.82) is 5.26 Å². The molecule has 0 bridgehead atoms. The quantitative estimate of drug-likeness (QED) is 0.827. The lowest BCUT2D eigenvalue weighted by atomic mass is 10.0. The highest BCUT2D eigenvalue weighted by Crippen LogP contribution is 2.34. The van der Waals surface area contributed by atoms with Crippen LogP contribution in [0.2, 0.25) is 0 Å². The van der Waals surface area contributed by atoms with E-state index in [-0.39, 0.29) is 17.4 Å². The van der Waals surface area contributed by atoms with E-state index in [0.29, 0.717) is 16.5 Å². The molecular weight excluding hydrogens is 256 g/mol. The summed E-state index contributed by atoms with van der Waals surface area (Å²) in [5, 5.41) is 18.6. The van der Waals surface area contributed by atoms with E-state index in [9.17, 15) is 5.11 Å². The molecule has 0 fully saturated rings. The Kier molecular flexibility index (Phi) is 3.89. The first-order chi connectivity index (χ1) is 7.11. The van der Waals surface area contributed by atoms with Crippen LogP contribution in [0.4, 0.5) is 0 Å². The summed E-state index contributed by atoms with van der Waals surface area (Å²) in [6.07, 6.45) is 2.22. The number of phenols is 1. The third-order valence-corrected chi connectivity index (χ3v) is 2.77. The lowest BCUT2D eigenvalue weighted by molar-refractivity contribution is 0.459. The molecule has 0 spiro atoms. The van der Waals surface area contributed by atoms with Crippen LogP contribution in [0.15, 0.2) is 29.3 Å². The molecule has 0 saturated heterocycles. The van der Waals surface area contributed by atoms with Crippen LogP contribution in [0.25, 0.3) is 0 Å². The van der Waals surface area contributed by atoms with Crippen LogP contribution in [0, 0.1) is 11.3 Å². The van der Waals surface area contributed by atoms with E-state index in [4.69, 9.17) is 11.0 Å². The summed E-state index contributed by atoms with van der Waals surface area (Å²) in [5.74, 6) is -0.0544. The second-order valence-electron chi connectivity index (χ2n) is 3.10. The number of hydrogen-bond donors (Lipinski definition) is 2. The maximum atomic E-state index is 9.80. The number of rotatable bonds is 3. The van der Waals surface area contributed by atoms with Crippen LogP contribution in [-0.2, 0) is 0 Å². The van der Waals surface area contributed by atoms with Gasteiger partial charge in [0, 0.05) is 16.1 Å². The second kappa shape index (κ2) is 4.96. The van der Waals surface area contributed by atoms with Crippen LogP contribution in [-0.4, -0.2) is 5.11 Å². The van der Waals surface area contributed by atoms with Gasteiger partial charge in [0.1, 0.15) is 11.8 Å². The smallest absolute Gasteiger partial charge is 0.139 e. The minimum absolute atomic E-state index is 0.0544. The van der Waals surface area contributed by atoms with E-state index < -0.39 is 0 Å².